The van der Waals surface area contributed by atoms with Gasteiger partial charge < -0.3 is 14.3 Å². The number of hydrogen-bond acceptors (Lipinski definition) is 6. The van der Waals surface area contributed by atoms with Crippen LogP contribution in [0, 0.1) is 5.92 Å². The lowest BCUT2D eigenvalue weighted by atomic mass is 9.89. The Morgan fingerprint density at radius 2 is 2.00 bits per heavy atom. The molecule has 6 nitrogen and oxygen atoms in total. The van der Waals surface area contributed by atoms with Gasteiger partial charge in [0.25, 0.3) is 0 Å². The van der Waals surface area contributed by atoms with E-state index in [9.17, 15) is 14.7 Å². The Balaban J connectivity index is 2.29. The van der Waals surface area contributed by atoms with E-state index >= 15 is 0 Å². The van der Waals surface area contributed by atoms with Crippen molar-refractivity contribution in [2.75, 3.05) is 20.2 Å². The van der Waals surface area contributed by atoms with Gasteiger partial charge in [0, 0.05) is 12.0 Å². The van der Waals surface area contributed by atoms with Crippen LogP contribution in [0.2, 0.25) is 0 Å². The Kier molecular flexibility index (Phi) is 6.43. The van der Waals surface area contributed by atoms with Gasteiger partial charge in [-0.3, -0.25) is 14.5 Å². The molecule has 0 aromatic carbocycles. The second-order valence-electron chi connectivity index (χ2n) is 6.76. The number of aromatic hydroxyl groups is 1. The molecule has 1 saturated heterocycles. The van der Waals surface area contributed by atoms with E-state index in [-0.39, 0.29) is 18.1 Å². The van der Waals surface area contributed by atoms with Gasteiger partial charge in [0.2, 0.25) is 11.2 Å². The van der Waals surface area contributed by atoms with Crippen molar-refractivity contribution < 1.29 is 19.1 Å². The van der Waals surface area contributed by atoms with E-state index in [1.54, 1.807) is 0 Å². The molecule has 134 valence electrons. The number of esters is 1. The molecule has 0 bridgehead atoms. The summed E-state index contributed by atoms with van der Waals surface area (Å²) in [5, 5.41) is 10.2. The Morgan fingerprint density at radius 1 is 1.33 bits per heavy atom. The van der Waals surface area contributed by atoms with Crippen LogP contribution in [0.4, 0.5) is 0 Å². The van der Waals surface area contributed by atoms with Crippen molar-refractivity contribution in [1.82, 2.24) is 4.90 Å². The maximum absolute atomic E-state index is 12.1. The number of rotatable bonds is 6. The number of hydrogen-bond donors (Lipinski definition) is 1. The predicted octanol–water partition coefficient (Wildman–Crippen LogP) is 2.63. The highest BCUT2D eigenvalue weighted by Crippen LogP contribution is 2.33. The smallest absolute Gasteiger partial charge is 0.306 e. The fourth-order valence-electron chi connectivity index (χ4n) is 3.12. The minimum absolute atomic E-state index is 0.0170. The quantitative estimate of drug-likeness (QED) is 0.804. The Morgan fingerprint density at radius 3 is 2.58 bits per heavy atom. The van der Waals surface area contributed by atoms with Crippen LogP contribution in [-0.2, 0) is 16.1 Å². The third-order valence-corrected chi connectivity index (χ3v) is 4.58. The largest absolute Gasteiger partial charge is 0.502 e. The number of ether oxygens (including phenoxy) is 1. The van der Waals surface area contributed by atoms with Crippen molar-refractivity contribution in [3.05, 3.63) is 27.8 Å². The third kappa shape index (κ3) is 4.60. The van der Waals surface area contributed by atoms with Crippen LogP contribution in [0.1, 0.15) is 57.0 Å². The molecule has 2 rings (SSSR count). The fourth-order valence-corrected chi connectivity index (χ4v) is 3.12. The zero-order valence-electron chi connectivity index (χ0n) is 14.7. The molecule has 6 heteroatoms. The average molecular weight is 337 g/mol. The molecular formula is C18H27NO5. The van der Waals surface area contributed by atoms with Crippen molar-refractivity contribution in [2.45, 2.75) is 52.0 Å². The third-order valence-electron chi connectivity index (χ3n) is 4.58. The van der Waals surface area contributed by atoms with Crippen molar-refractivity contribution >= 4 is 5.97 Å². The van der Waals surface area contributed by atoms with Crippen LogP contribution in [0.25, 0.3) is 0 Å². The maximum atomic E-state index is 12.1. The Hall–Kier alpha value is -1.82. The van der Waals surface area contributed by atoms with Crippen LogP contribution in [0.15, 0.2) is 15.3 Å². The van der Waals surface area contributed by atoms with E-state index in [2.05, 4.69) is 4.90 Å². The first-order chi connectivity index (χ1) is 11.4. The molecular weight excluding hydrogens is 310 g/mol. The number of piperidine rings is 1. The second kappa shape index (κ2) is 8.33. The van der Waals surface area contributed by atoms with Gasteiger partial charge >= 0.3 is 5.97 Å². The SMILES string of the molecule is COC(=O)C[C@H](c1oc(CN2CCCCC2)cc(=O)c1O)C(C)C. The van der Waals surface area contributed by atoms with E-state index in [0.717, 1.165) is 25.9 Å². The molecule has 0 aliphatic carbocycles. The standard InChI is InChI=1S/C18H27NO5/c1-12(2)14(10-16(21)23-3)18-17(22)15(20)9-13(24-18)11-19-7-5-4-6-8-19/h9,12,14,22H,4-8,10-11H2,1-3H3/t14-/m0/s1. The molecule has 0 unspecified atom stereocenters. The molecule has 1 aromatic heterocycles. The van der Waals surface area contributed by atoms with Gasteiger partial charge in [0.1, 0.15) is 5.76 Å². The normalized spacial score (nSPS) is 17.0. The van der Waals surface area contributed by atoms with Crippen molar-refractivity contribution in [3.8, 4) is 5.75 Å². The molecule has 1 N–H and O–H groups in total. The lowest BCUT2D eigenvalue weighted by Gasteiger charge is -2.26. The van der Waals surface area contributed by atoms with E-state index in [4.69, 9.17) is 9.15 Å². The fraction of sp³-hybridized carbons (Fsp3) is 0.667. The summed E-state index contributed by atoms with van der Waals surface area (Å²) < 4.78 is 10.6. The molecule has 1 atom stereocenters. The minimum atomic E-state index is -0.459. The molecule has 24 heavy (non-hydrogen) atoms. The summed E-state index contributed by atoms with van der Waals surface area (Å²) in [5.74, 6) is -0.452. The first-order valence-electron chi connectivity index (χ1n) is 8.57. The summed E-state index contributed by atoms with van der Waals surface area (Å²) in [5.41, 5.74) is -0.459. The minimum Gasteiger partial charge on any atom is -0.502 e. The van der Waals surface area contributed by atoms with Gasteiger partial charge in [-0.25, -0.2) is 0 Å². The van der Waals surface area contributed by atoms with E-state index < -0.39 is 23.1 Å². The summed E-state index contributed by atoms with van der Waals surface area (Å²) >= 11 is 0. The molecule has 0 saturated carbocycles. The molecule has 0 amide bonds. The van der Waals surface area contributed by atoms with E-state index in [1.807, 2.05) is 13.8 Å². The topological polar surface area (TPSA) is 80.0 Å². The lowest BCUT2D eigenvalue weighted by molar-refractivity contribution is -0.141. The van der Waals surface area contributed by atoms with E-state index in [1.165, 1.54) is 19.6 Å². The Labute approximate surface area is 142 Å². The van der Waals surface area contributed by atoms with Gasteiger partial charge in [0.05, 0.1) is 20.1 Å². The van der Waals surface area contributed by atoms with Gasteiger partial charge in [-0.2, -0.15) is 0 Å². The first kappa shape index (κ1) is 18.5. The number of nitrogens with zero attached hydrogens (tertiary/aromatic N) is 1. The highest BCUT2D eigenvalue weighted by atomic mass is 16.5. The molecule has 1 aliphatic heterocycles. The first-order valence-corrected chi connectivity index (χ1v) is 8.57. The van der Waals surface area contributed by atoms with Crippen LogP contribution < -0.4 is 5.43 Å². The zero-order valence-corrected chi connectivity index (χ0v) is 14.7. The molecule has 0 spiro atoms. The number of likely N-dealkylation sites (tertiary alicyclic amines) is 1. The second-order valence-corrected chi connectivity index (χ2v) is 6.76. The molecule has 1 aromatic rings. The van der Waals surface area contributed by atoms with Crippen molar-refractivity contribution in [3.63, 3.8) is 0 Å². The highest BCUT2D eigenvalue weighted by Gasteiger charge is 2.27. The lowest BCUT2D eigenvalue weighted by Crippen LogP contribution is -2.29. The summed E-state index contributed by atoms with van der Waals surface area (Å²) in [6, 6.07) is 1.35. The highest BCUT2D eigenvalue weighted by molar-refractivity contribution is 5.70. The number of methoxy groups -OCH3 is 1. The van der Waals surface area contributed by atoms with Crippen LogP contribution in [-0.4, -0.2) is 36.2 Å². The summed E-state index contributed by atoms with van der Waals surface area (Å²) in [7, 11) is 1.32. The molecule has 2 heterocycles. The summed E-state index contributed by atoms with van der Waals surface area (Å²) in [6.07, 6.45) is 3.59. The molecule has 1 aliphatic rings. The van der Waals surface area contributed by atoms with Gasteiger partial charge in [-0.1, -0.05) is 20.3 Å². The van der Waals surface area contributed by atoms with Gasteiger partial charge in [0.15, 0.2) is 5.76 Å². The number of carbonyl (C=O) groups excluding carboxylic acids is 1. The number of carbonyl (C=O) groups is 1. The zero-order chi connectivity index (χ0) is 17.7. The monoisotopic (exact) mass is 337 g/mol. The molecule has 0 radical (unpaired) electrons. The van der Waals surface area contributed by atoms with Crippen LogP contribution >= 0.6 is 0 Å². The van der Waals surface area contributed by atoms with Gasteiger partial charge in [-0.05, 0) is 31.8 Å². The van der Waals surface area contributed by atoms with Crippen molar-refractivity contribution in [1.29, 1.82) is 0 Å². The maximum Gasteiger partial charge on any atom is 0.306 e. The predicted molar refractivity (Wildman–Crippen MR) is 90.0 cm³/mol. The van der Waals surface area contributed by atoms with Crippen LogP contribution in [0.3, 0.4) is 0 Å². The summed E-state index contributed by atoms with van der Waals surface area (Å²) in [6.45, 7) is 6.35. The van der Waals surface area contributed by atoms with Gasteiger partial charge in [-0.15, -0.1) is 0 Å². The van der Waals surface area contributed by atoms with Crippen LogP contribution in [0.5, 0.6) is 5.75 Å². The average Bonchev–Trinajstić information content (AvgIpc) is 2.56. The molecule has 1 fully saturated rings. The van der Waals surface area contributed by atoms with Crippen molar-refractivity contribution in [2.24, 2.45) is 5.92 Å². The van der Waals surface area contributed by atoms with E-state index in [0.29, 0.717) is 12.3 Å². The summed E-state index contributed by atoms with van der Waals surface area (Å²) in [4.78, 5) is 26.0. The Bertz CT molecular complexity index is 616.